The Bertz CT molecular complexity index is 1630. The first kappa shape index (κ1) is 21.0. The maximum absolute atomic E-state index is 5.01. The average molecular weight is 455 g/mol. The highest BCUT2D eigenvalue weighted by Gasteiger charge is 2.18. The number of benzene rings is 5. The van der Waals surface area contributed by atoms with Crippen LogP contribution in [-0.2, 0) is 0 Å². The SMILES string of the molecule is CN(c1cccc(N(C)c2nc3ccccc3n2-c2ccccc2)c1)c1cccc2ccccc12. The molecule has 0 spiro atoms. The third-order valence-corrected chi connectivity index (χ3v) is 6.59. The molecule has 0 saturated carbocycles. The Balaban J connectivity index is 1.44. The highest BCUT2D eigenvalue weighted by atomic mass is 15.3. The number of rotatable bonds is 5. The zero-order chi connectivity index (χ0) is 23.8. The van der Waals surface area contributed by atoms with Crippen LogP contribution >= 0.6 is 0 Å². The molecular formula is C31H26N4. The van der Waals surface area contributed by atoms with Gasteiger partial charge in [0.25, 0.3) is 0 Å². The van der Waals surface area contributed by atoms with Gasteiger partial charge in [0, 0.05) is 42.2 Å². The Kier molecular flexibility index (Phi) is 5.19. The normalized spacial score (nSPS) is 11.1. The number of hydrogen-bond acceptors (Lipinski definition) is 3. The lowest BCUT2D eigenvalue weighted by molar-refractivity contribution is 1.01. The van der Waals surface area contributed by atoms with Gasteiger partial charge in [0.15, 0.2) is 0 Å². The topological polar surface area (TPSA) is 24.3 Å². The first-order valence-electron chi connectivity index (χ1n) is 11.8. The standard InChI is InChI=1S/C31H26N4/c1-33(29-21-10-13-23-12-6-7-18-27(23)29)25-16-11-17-26(22-25)34(2)31-32-28-19-8-9-20-30(28)35(31)24-14-4-3-5-15-24/h3-22H,1-2H3. The molecule has 1 heterocycles. The van der Waals surface area contributed by atoms with Crippen molar-refractivity contribution in [3.63, 3.8) is 0 Å². The van der Waals surface area contributed by atoms with Crippen molar-refractivity contribution < 1.29 is 0 Å². The third kappa shape index (κ3) is 3.69. The van der Waals surface area contributed by atoms with Crippen molar-refractivity contribution in [3.8, 4) is 5.69 Å². The van der Waals surface area contributed by atoms with Crippen LogP contribution < -0.4 is 9.80 Å². The van der Waals surface area contributed by atoms with Crippen LogP contribution in [0.2, 0.25) is 0 Å². The quantitative estimate of drug-likeness (QED) is 0.267. The van der Waals surface area contributed by atoms with E-state index in [1.54, 1.807) is 0 Å². The molecule has 0 aliphatic rings. The highest BCUT2D eigenvalue weighted by molar-refractivity contribution is 5.96. The monoisotopic (exact) mass is 454 g/mol. The lowest BCUT2D eigenvalue weighted by atomic mass is 10.1. The maximum Gasteiger partial charge on any atom is 0.215 e. The van der Waals surface area contributed by atoms with Crippen LogP contribution in [0.15, 0.2) is 121 Å². The average Bonchev–Trinajstić information content (AvgIpc) is 3.32. The molecule has 4 heteroatoms. The zero-order valence-electron chi connectivity index (χ0n) is 19.8. The predicted molar refractivity (Wildman–Crippen MR) is 148 cm³/mol. The summed E-state index contributed by atoms with van der Waals surface area (Å²) in [4.78, 5) is 9.42. The van der Waals surface area contributed by atoms with Crippen LogP contribution in [0.25, 0.3) is 27.5 Å². The van der Waals surface area contributed by atoms with Crippen molar-refractivity contribution in [1.82, 2.24) is 9.55 Å². The lowest BCUT2D eigenvalue weighted by Gasteiger charge is -2.25. The van der Waals surface area contributed by atoms with Crippen molar-refractivity contribution >= 4 is 44.8 Å². The molecule has 6 rings (SSSR count). The fourth-order valence-corrected chi connectivity index (χ4v) is 4.74. The number of imidazole rings is 1. The molecule has 0 atom stereocenters. The molecule has 0 aliphatic carbocycles. The van der Waals surface area contributed by atoms with E-state index in [-0.39, 0.29) is 0 Å². The van der Waals surface area contributed by atoms with Crippen LogP contribution in [0.5, 0.6) is 0 Å². The summed E-state index contributed by atoms with van der Waals surface area (Å²) in [5, 5.41) is 2.48. The Hall–Kier alpha value is -4.57. The molecule has 1 aromatic heterocycles. The summed E-state index contributed by atoms with van der Waals surface area (Å²) in [6.07, 6.45) is 0. The number of anilines is 4. The van der Waals surface area contributed by atoms with Gasteiger partial charge in [-0.25, -0.2) is 4.98 Å². The summed E-state index contributed by atoms with van der Waals surface area (Å²) in [5.74, 6) is 0.877. The van der Waals surface area contributed by atoms with E-state index < -0.39 is 0 Å². The minimum atomic E-state index is 0.877. The van der Waals surface area contributed by atoms with Crippen LogP contribution in [0.1, 0.15) is 0 Å². The molecule has 0 amide bonds. The number of fused-ring (bicyclic) bond motifs is 2. The Labute approximate surface area is 205 Å². The number of aromatic nitrogens is 2. The largest absolute Gasteiger partial charge is 0.344 e. The van der Waals surface area contributed by atoms with Crippen molar-refractivity contribution in [1.29, 1.82) is 0 Å². The zero-order valence-corrected chi connectivity index (χ0v) is 19.8. The Morgan fingerprint density at radius 2 is 1.26 bits per heavy atom. The Morgan fingerprint density at radius 1 is 0.600 bits per heavy atom. The molecule has 0 N–H and O–H groups in total. The van der Waals surface area contributed by atoms with Gasteiger partial charge in [-0.1, -0.05) is 72.8 Å². The van der Waals surface area contributed by atoms with Gasteiger partial charge in [0.1, 0.15) is 0 Å². The van der Waals surface area contributed by atoms with E-state index in [4.69, 9.17) is 4.98 Å². The van der Waals surface area contributed by atoms with E-state index >= 15 is 0 Å². The minimum Gasteiger partial charge on any atom is -0.344 e. The fourth-order valence-electron chi connectivity index (χ4n) is 4.74. The van der Waals surface area contributed by atoms with Gasteiger partial charge < -0.3 is 9.80 Å². The second-order valence-electron chi connectivity index (χ2n) is 8.71. The lowest BCUT2D eigenvalue weighted by Crippen LogP contribution is -2.16. The minimum absolute atomic E-state index is 0.877. The van der Waals surface area contributed by atoms with Crippen molar-refractivity contribution in [3.05, 3.63) is 121 Å². The molecule has 0 aliphatic heterocycles. The van der Waals surface area contributed by atoms with Crippen LogP contribution in [0.3, 0.4) is 0 Å². The van der Waals surface area contributed by atoms with Gasteiger partial charge in [0.2, 0.25) is 5.95 Å². The van der Waals surface area contributed by atoms with Gasteiger partial charge >= 0.3 is 0 Å². The van der Waals surface area contributed by atoms with Crippen molar-refractivity contribution in [2.24, 2.45) is 0 Å². The summed E-state index contributed by atoms with van der Waals surface area (Å²) in [6.45, 7) is 0. The molecule has 0 fully saturated rings. The molecule has 6 aromatic rings. The van der Waals surface area contributed by atoms with Crippen molar-refractivity contribution in [2.45, 2.75) is 0 Å². The maximum atomic E-state index is 5.01. The van der Waals surface area contributed by atoms with E-state index in [1.807, 2.05) is 12.1 Å². The highest BCUT2D eigenvalue weighted by Crippen LogP contribution is 2.35. The van der Waals surface area contributed by atoms with E-state index in [0.29, 0.717) is 0 Å². The second-order valence-corrected chi connectivity index (χ2v) is 8.71. The van der Waals surface area contributed by atoms with Gasteiger partial charge in [-0.2, -0.15) is 0 Å². The summed E-state index contributed by atoms with van der Waals surface area (Å²) in [7, 11) is 4.21. The van der Waals surface area contributed by atoms with Gasteiger partial charge in [-0.3, -0.25) is 4.57 Å². The van der Waals surface area contributed by atoms with Crippen LogP contribution in [0, 0.1) is 0 Å². The molecule has 5 aromatic carbocycles. The molecule has 170 valence electrons. The molecular weight excluding hydrogens is 428 g/mol. The molecule has 0 radical (unpaired) electrons. The number of nitrogens with zero attached hydrogens (tertiary/aromatic N) is 4. The fraction of sp³-hybridized carbons (Fsp3) is 0.0645. The molecule has 35 heavy (non-hydrogen) atoms. The predicted octanol–water partition coefficient (Wildman–Crippen LogP) is 7.71. The van der Waals surface area contributed by atoms with Crippen LogP contribution in [-0.4, -0.2) is 23.6 Å². The molecule has 0 saturated heterocycles. The second kappa shape index (κ2) is 8.65. The molecule has 0 bridgehead atoms. The van der Waals surface area contributed by atoms with E-state index in [2.05, 4.69) is 138 Å². The summed E-state index contributed by atoms with van der Waals surface area (Å²) in [5.41, 5.74) is 6.52. The smallest absolute Gasteiger partial charge is 0.215 e. The van der Waals surface area contributed by atoms with Crippen LogP contribution in [0.4, 0.5) is 23.0 Å². The summed E-state index contributed by atoms with van der Waals surface area (Å²) in [6, 6.07) is 42.3. The van der Waals surface area contributed by atoms with Gasteiger partial charge in [0.05, 0.1) is 11.0 Å². The molecule has 0 unspecified atom stereocenters. The Morgan fingerprint density at radius 3 is 2.11 bits per heavy atom. The first-order chi connectivity index (χ1) is 17.2. The third-order valence-electron chi connectivity index (χ3n) is 6.59. The van der Waals surface area contributed by atoms with E-state index in [1.165, 1.54) is 16.5 Å². The van der Waals surface area contributed by atoms with Gasteiger partial charge in [-0.15, -0.1) is 0 Å². The number of hydrogen-bond donors (Lipinski definition) is 0. The van der Waals surface area contributed by atoms with E-state index in [9.17, 15) is 0 Å². The first-order valence-corrected chi connectivity index (χ1v) is 11.8. The summed E-state index contributed by atoms with van der Waals surface area (Å²) >= 11 is 0. The van der Waals surface area contributed by atoms with E-state index in [0.717, 1.165) is 34.0 Å². The number of para-hydroxylation sites is 3. The summed E-state index contributed by atoms with van der Waals surface area (Å²) < 4.78 is 2.22. The van der Waals surface area contributed by atoms with Crippen molar-refractivity contribution in [2.75, 3.05) is 23.9 Å². The van der Waals surface area contributed by atoms with Gasteiger partial charge in [-0.05, 0) is 53.9 Å². The molecule has 4 nitrogen and oxygen atoms in total.